The molecule has 0 bridgehead atoms. The van der Waals surface area contributed by atoms with Gasteiger partial charge in [0, 0.05) is 44.8 Å². The lowest BCUT2D eigenvalue weighted by molar-refractivity contribution is -0.122. The Kier molecular flexibility index (Phi) is 8.12. The number of hydrogen-bond acceptors (Lipinski definition) is 3. The van der Waals surface area contributed by atoms with E-state index in [1.807, 2.05) is 0 Å². The number of likely N-dealkylation sites (N-methyl/N-ethyl adjacent to an activating group) is 1. The first kappa shape index (κ1) is 20.5. The second-order valence-corrected chi connectivity index (χ2v) is 6.76. The molecule has 3 N–H and O–H groups in total. The van der Waals surface area contributed by atoms with Crippen LogP contribution in [0.1, 0.15) is 18.4 Å². The maximum Gasteiger partial charge on any atom is 0.233 e. The fraction of sp³-hybridized carbons (Fsp3) is 0.556. The normalized spacial score (nSPS) is 16.4. The molecule has 1 aromatic carbocycles. The number of carbonyl (C=O) groups excluding carboxylic acids is 1. The van der Waals surface area contributed by atoms with Gasteiger partial charge in [-0.2, -0.15) is 0 Å². The summed E-state index contributed by atoms with van der Waals surface area (Å²) in [5.74, 6) is 0.466. The molecule has 1 aliphatic rings. The van der Waals surface area contributed by atoms with Crippen molar-refractivity contribution < 1.29 is 9.18 Å². The van der Waals surface area contributed by atoms with Gasteiger partial charge in [-0.3, -0.25) is 14.7 Å². The molecule has 1 aromatic rings. The van der Waals surface area contributed by atoms with E-state index in [-0.39, 0.29) is 11.7 Å². The number of rotatable bonds is 6. The number of aliphatic imine (C=N–C) groups is 1. The van der Waals surface area contributed by atoms with Crippen LogP contribution in [0, 0.1) is 5.82 Å². The monoisotopic (exact) mass is 383 g/mol. The predicted molar refractivity (Wildman–Crippen MR) is 103 cm³/mol. The SMILES string of the molecule is CN=C(NCCc1ccc(F)cc1Cl)NC1CCN(CC(=O)NC)CC1. The highest BCUT2D eigenvalue weighted by Crippen LogP contribution is 2.17. The molecule has 144 valence electrons. The van der Waals surface area contributed by atoms with Crippen molar-refractivity contribution in [3.05, 3.63) is 34.6 Å². The molecule has 26 heavy (non-hydrogen) atoms. The quantitative estimate of drug-likeness (QED) is 0.513. The van der Waals surface area contributed by atoms with E-state index < -0.39 is 0 Å². The molecule has 1 fully saturated rings. The van der Waals surface area contributed by atoms with Crippen molar-refractivity contribution in [2.75, 3.05) is 40.3 Å². The minimum Gasteiger partial charge on any atom is -0.358 e. The van der Waals surface area contributed by atoms with Crippen LogP contribution in [0.5, 0.6) is 0 Å². The smallest absolute Gasteiger partial charge is 0.233 e. The Hall–Kier alpha value is -1.86. The van der Waals surface area contributed by atoms with Crippen LogP contribution in [0.15, 0.2) is 23.2 Å². The second-order valence-electron chi connectivity index (χ2n) is 6.35. The topological polar surface area (TPSA) is 68.8 Å². The van der Waals surface area contributed by atoms with Crippen LogP contribution >= 0.6 is 11.6 Å². The van der Waals surface area contributed by atoms with E-state index in [1.165, 1.54) is 12.1 Å². The summed E-state index contributed by atoms with van der Waals surface area (Å²) in [6.07, 6.45) is 2.60. The summed E-state index contributed by atoms with van der Waals surface area (Å²) in [6, 6.07) is 4.78. The zero-order valence-electron chi connectivity index (χ0n) is 15.3. The van der Waals surface area contributed by atoms with Crippen molar-refractivity contribution in [3.8, 4) is 0 Å². The highest BCUT2D eigenvalue weighted by Gasteiger charge is 2.21. The van der Waals surface area contributed by atoms with Gasteiger partial charge in [-0.25, -0.2) is 4.39 Å². The van der Waals surface area contributed by atoms with Gasteiger partial charge in [0.05, 0.1) is 6.54 Å². The Bertz CT molecular complexity index is 632. The molecular formula is C18H27ClFN5O. The van der Waals surface area contributed by atoms with Gasteiger partial charge >= 0.3 is 0 Å². The fourth-order valence-corrected chi connectivity index (χ4v) is 3.21. The number of amides is 1. The average molecular weight is 384 g/mol. The van der Waals surface area contributed by atoms with E-state index in [0.717, 1.165) is 37.5 Å². The molecule has 0 radical (unpaired) electrons. The van der Waals surface area contributed by atoms with E-state index in [1.54, 1.807) is 20.2 Å². The molecule has 0 aliphatic carbocycles. The molecule has 1 heterocycles. The summed E-state index contributed by atoms with van der Waals surface area (Å²) in [5, 5.41) is 9.79. The fourth-order valence-electron chi connectivity index (χ4n) is 2.95. The maximum atomic E-state index is 13.1. The lowest BCUT2D eigenvalue weighted by atomic mass is 10.1. The molecule has 2 rings (SSSR count). The third-order valence-electron chi connectivity index (χ3n) is 4.50. The van der Waals surface area contributed by atoms with Crippen LogP contribution < -0.4 is 16.0 Å². The molecule has 1 aliphatic heterocycles. The third-order valence-corrected chi connectivity index (χ3v) is 4.85. The van der Waals surface area contributed by atoms with Crippen molar-refractivity contribution in [2.24, 2.45) is 4.99 Å². The molecule has 1 saturated heterocycles. The number of hydrogen-bond donors (Lipinski definition) is 3. The predicted octanol–water partition coefficient (Wildman–Crippen LogP) is 1.40. The van der Waals surface area contributed by atoms with Crippen molar-refractivity contribution >= 4 is 23.5 Å². The zero-order chi connectivity index (χ0) is 18.9. The lowest BCUT2D eigenvalue weighted by Gasteiger charge is -2.32. The van der Waals surface area contributed by atoms with E-state index in [4.69, 9.17) is 11.6 Å². The molecule has 0 unspecified atom stereocenters. The number of likely N-dealkylation sites (tertiary alicyclic amines) is 1. The number of nitrogens with zero attached hydrogens (tertiary/aromatic N) is 2. The first-order chi connectivity index (χ1) is 12.5. The van der Waals surface area contributed by atoms with Crippen molar-refractivity contribution in [3.63, 3.8) is 0 Å². The van der Waals surface area contributed by atoms with Gasteiger partial charge in [0.2, 0.25) is 5.91 Å². The molecule has 0 spiro atoms. The maximum absolute atomic E-state index is 13.1. The van der Waals surface area contributed by atoms with Gasteiger partial charge in [0.15, 0.2) is 5.96 Å². The Balaban J connectivity index is 1.72. The first-order valence-electron chi connectivity index (χ1n) is 8.86. The highest BCUT2D eigenvalue weighted by atomic mass is 35.5. The Morgan fingerprint density at radius 3 is 2.73 bits per heavy atom. The summed E-state index contributed by atoms with van der Waals surface area (Å²) in [5.41, 5.74) is 0.901. The molecule has 0 saturated carbocycles. The standard InChI is InChI=1S/C18H27ClFN5O/c1-21-17(26)12-25-9-6-15(7-10-25)24-18(22-2)23-8-5-13-3-4-14(20)11-16(13)19/h3-4,11,15H,5-10,12H2,1-2H3,(H,21,26)(H2,22,23,24). The van der Waals surface area contributed by atoms with Crippen molar-refractivity contribution in [1.29, 1.82) is 0 Å². The number of carbonyl (C=O) groups is 1. The summed E-state index contributed by atoms with van der Waals surface area (Å²) in [4.78, 5) is 17.8. The number of piperidine rings is 1. The zero-order valence-corrected chi connectivity index (χ0v) is 16.1. The number of nitrogens with one attached hydrogen (secondary N) is 3. The van der Waals surface area contributed by atoms with Gasteiger partial charge in [-0.15, -0.1) is 0 Å². The Morgan fingerprint density at radius 2 is 2.12 bits per heavy atom. The second kappa shape index (κ2) is 10.3. The van der Waals surface area contributed by atoms with Crippen LogP contribution in [-0.2, 0) is 11.2 Å². The number of benzene rings is 1. The minimum atomic E-state index is -0.327. The summed E-state index contributed by atoms with van der Waals surface area (Å²) >= 11 is 6.05. The minimum absolute atomic E-state index is 0.0494. The van der Waals surface area contributed by atoms with E-state index in [9.17, 15) is 9.18 Å². The number of halogens is 2. The van der Waals surface area contributed by atoms with E-state index in [0.29, 0.717) is 30.6 Å². The van der Waals surface area contributed by atoms with Crippen LogP contribution in [0.25, 0.3) is 0 Å². The molecule has 8 heteroatoms. The lowest BCUT2D eigenvalue weighted by Crippen LogP contribution is -2.50. The van der Waals surface area contributed by atoms with E-state index in [2.05, 4.69) is 25.8 Å². The summed E-state index contributed by atoms with van der Waals surface area (Å²) < 4.78 is 13.1. The van der Waals surface area contributed by atoms with Gasteiger partial charge in [0.1, 0.15) is 5.82 Å². The van der Waals surface area contributed by atoms with Gasteiger partial charge < -0.3 is 16.0 Å². The van der Waals surface area contributed by atoms with Gasteiger partial charge in [-0.05, 0) is 37.0 Å². The largest absolute Gasteiger partial charge is 0.358 e. The van der Waals surface area contributed by atoms with Crippen molar-refractivity contribution in [1.82, 2.24) is 20.9 Å². The number of guanidine groups is 1. The van der Waals surface area contributed by atoms with Gasteiger partial charge in [-0.1, -0.05) is 17.7 Å². The molecule has 1 amide bonds. The highest BCUT2D eigenvalue weighted by molar-refractivity contribution is 6.31. The Labute approximate surface area is 159 Å². The molecular weight excluding hydrogens is 357 g/mol. The van der Waals surface area contributed by atoms with Crippen LogP contribution in [0.4, 0.5) is 4.39 Å². The summed E-state index contributed by atoms with van der Waals surface area (Å²) in [7, 11) is 3.40. The first-order valence-corrected chi connectivity index (χ1v) is 9.23. The molecule has 6 nitrogen and oxygen atoms in total. The van der Waals surface area contributed by atoms with E-state index >= 15 is 0 Å². The van der Waals surface area contributed by atoms with Crippen LogP contribution in [-0.4, -0.2) is 63.1 Å². The van der Waals surface area contributed by atoms with Crippen LogP contribution in [0.2, 0.25) is 5.02 Å². The van der Waals surface area contributed by atoms with Crippen LogP contribution in [0.3, 0.4) is 0 Å². The third kappa shape index (κ3) is 6.46. The Morgan fingerprint density at radius 1 is 1.38 bits per heavy atom. The molecule has 0 atom stereocenters. The van der Waals surface area contributed by atoms with Gasteiger partial charge in [0.25, 0.3) is 0 Å². The van der Waals surface area contributed by atoms with Crippen molar-refractivity contribution in [2.45, 2.75) is 25.3 Å². The summed E-state index contributed by atoms with van der Waals surface area (Å²) in [6.45, 7) is 2.87. The molecule has 0 aromatic heterocycles. The average Bonchev–Trinajstić information content (AvgIpc) is 2.64.